The van der Waals surface area contributed by atoms with Gasteiger partial charge in [-0.3, -0.25) is 0 Å². The fourth-order valence-electron chi connectivity index (χ4n) is 2.79. The van der Waals surface area contributed by atoms with Gasteiger partial charge in [0, 0.05) is 18.8 Å². The maximum absolute atomic E-state index is 12.6. The van der Waals surface area contributed by atoms with E-state index in [4.69, 9.17) is 0 Å². The summed E-state index contributed by atoms with van der Waals surface area (Å²) < 4.78 is 28.1. The van der Waals surface area contributed by atoms with Crippen molar-refractivity contribution in [3.63, 3.8) is 0 Å². The molecule has 0 radical (unpaired) electrons. The number of hydrogen-bond donors (Lipinski definition) is 2. The van der Waals surface area contributed by atoms with Crippen LogP contribution in [0.25, 0.3) is 0 Å². The van der Waals surface area contributed by atoms with E-state index in [2.05, 4.69) is 28.9 Å². The van der Waals surface area contributed by atoms with Gasteiger partial charge in [0.05, 0.1) is 5.69 Å². The van der Waals surface area contributed by atoms with E-state index in [-0.39, 0.29) is 16.5 Å². The summed E-state index contributed by atoms with van der Waals surface area (Å²) in [5, 5.41) is 3.23. The van der Waals surface area contributed by atoms with Crippen LogP contribution in [0.1, 0.15) is 46.5 Å². The lowest BCUT2D eigenvalue weighted by atomic mass is 9.88. The molecule has 1 unspecified atom stereocenters. The van der Waals surface area contributed by atoms with E-state index >= 15 is 0 Å². The van der Waals surface area contributed by atoms with Crippen LogP contribution in [0.3, 0.4) is 0 Å². The zero-order chi connectivity index (χ0) is 15.5. The van der Waals surface area contributed by atoms with Gasteiger partial charge in [0.25, 0.3) is 10.0 Å². The Kier molecular flexibility index (Phi) is 4.88. The maximum Gasteiger partial charge on any atom is 0.260 e. The molecule has 5 nitrogen and oxygen atoms in total. The topological polar surface area (TPSA) is 71.1 Å². The fourth-order valence-corrected chi connectivity index (χ4v) is 4.34. The molecule has 1 fully saturated rings. The Morgan fingerprint density at radius 3 is 2.81 bits per heavy atom. The Morgan fingerprint density at radius 1 is 1.43 bits per heavy atom. The van der Waals surface area contributed by atoms with Gasteiger partial charge in [-0.25, -0.2) is 18.1 Å². The highest BCUT2D eigenvalue weighted by Crippen LogP contribution is 2.38. The second kappa shape index (κ2) is 6.32. The van der Waals surface area contributed by atoms with Gasteiger partial charge < -0.3 is 5.32 Å². The molecule has 1 aliphatic carbocycles. The lowest BCUT2D eigenvalue weighted by Gasteiger charge is -2.27. The van der Waals surface area contributed by atoms with Crippen molar-refractivity contribution in [3.05, 3.63) is 18.3 Å². The van der Waals surface area contributed by atoms with E-state index in [9.17, 15) is 8.42 Å². The summed E-state index contributed by atoms with van der Waals surface area (Å²) in [5.74, 6) is 0. The molecule has 0 spiro atoms. The predicted molar refractivity (Wildman–Crippen MR) is 84.8 cm³/mol. The van der Waals surface area contributed by atoms with Gasteiger partial charge in [0.15, 0.2) is 5.03 Å². The van der Waals surface area contributed by atoms with Crippen molar-refractivity contribution in [1.82, 2.24) is 9.71 Å². The summed E-state index contributed by atoms with van der Waals surface area (Å²) in [6, 6.07) is 3.48. The van der Waals surface area contributed by atoms with E-state index in [0.717, 1.165) is 32.2 Å². The summed E-state index contributed by atoms with van der Waals surface area (Å²) >= 11 is 0. The van der Waals surface area contributed by atoms with Crippen LogP contribution in [0.5, 0.6) is 0 Å². The van der Waals surface area contributed by atoms with E-state index < -0.39 is 10.0 Å². The second-order valence-electron chi connectivity index (χ2n) is 6.34. The molecule has 2 rings (SSSR count). The largest absolute Gasteiger partial charge is 0.383 e. The molecule has 1 aliphatic rings. The minimum atomic E-state index is -3.60. The molecule has 0 aromatic carbocycles. The number of rotatable bonds is 6. The summed E-state index contributed by atoms with van der Waals surface area (Å²) in [7, 11) is -3.60. The molecule has 1 saturated carbocycles. The van der Waals surface area contributed by atoms with E-state index in [1.807, 2.05) is 6.92 Å². The summed E-state index contributed by atoms with van der Waals surface area (Å²) in [4.78, 5) is 4.08. The smallest absolute Gasteiger partial charge is 0.260 e. The highest BCUT2D eigenvalue weighted by Gasteiger charge is 2.38. The number of pyridine rings is 1. The molecule has 0 bridgehead atoms. The number of nitrogens with zero attached hydrogens (tertiary/aromatic N) is 1. The highest BCUT2D eigenvalue weighted by molar-refractivity contribution is 7.89. The third-order valence-corrected chi connectivity index (χ3v) is 5.58. The third kappa shape index (κ3) is 3.74. The van der Waals surface area contributed by atoms with Crippen molar-refractivity contribution in [3.8, 4) is 0 Å². The van der Waals surface area contributed by atoms with Gasteiger partial charge in [-0.15, -0.1) is 0 Å². The third-order valence-electron chi connectivity index (χ3n) is 4.15. The second-order valence-corrected chi connectivity index (χ2v) is 7.97. The average molecular weight is 311 g/mol. The SMILES string of the molecule is CCCNc1cccnc1S(=O)(=O)NC1CCCC1(C)C. The van der Waals surface area contributed by atoms with Gasteiger partial charge in [0.2, 0.25) is 0 Å². The molecule has 1 aromatic heterocycles. The Bertz CT molecular complexity index is 584. The van der Waals surface area contributed by atoms with Crippen LogP contribution in [-0.4, -0.2) is 26.0 Å². The van der Waals surface area contributed by atoms with E-state index in [1.54, 1.807) is 12.1 Å². The monoisotopic (exact) mass is 311 g/mol. The van der Waals surface area contributed by atoms with Gasteiger partial charge in [0.1, 0.15) is 0 Å². The summed E-state index contributed by atoms with van der Waals surface area (Å²) in [6.45, 7) is 6.99. The van der Waals surface area contributed by atoms with Crippen molar-refractivity contribution >= 4 is 15.7 Å². The fraction of sp³-hybridized carbons (Fsp3) is 0.667. The first kappa shape index (κ1) is 16.2. The molecule has 118 valence electrons. The molecule has 1 heterocycles. The first-order chi connectivity index (χ1) is 9.87. The predicted octanol–water partition coefficient (Wildman–Crippen LogP) is 2.76. The molecule has 1 atom stereocenters. The minimum Gasteiger partial charge on any atom is -0.383 e. The van der Waals surface area contributed by atoms with Gasteiger partial charge in [-0.1, -0.05) is 27.2 Å². The normalized spacial score (nSPS) is 21.4. The number of hydrogen-bond acceptors (Lipinski definition) is 4. The van der Waals surface area contributed by atoms with Crippen molar-refractivity contribution in [2.45, 2.75) is 57.5 Å². The van der Waals surface area contributed by atoms with Crippen LogP contribution >= 0.6 is 0 Å². The van der Waals surface area contributed by atoms with Gasteiger partial charge in [-0.05, 0) is 36.8 Å². The number of aromatic nitrogens is 1. The summed E-state index contributed by atoms with van der Waals surface area (Å²) in [6.07, 6.45) is 5.44. The maximum atomic E-state index is 12.6. The molecule has 0 saturated heterocycles. The van der Waals surface area contributed by atoms with Crippen LogP contribution in [0.15, 0.2) is 23.4 Å². The van der Waals surface area contributed by atoms with E-state index in [0.29, 0.717) is 5.69 Å². The Morgan fingerprint density at radius 2 is 2.19 bits per heavy atom. The average Bonchev–Trinajstić information content (AvgIpc) is 2.75. The lowest BCUT2D eigenvalue weighted by Crippen LogP contribution is -2.41. The summed E-state index contributed by atoms with van der Waals surface area (Å²) in [5.41, 5.74) is 0.571. The van der Waals surface area contributed by atoms with Gasteiger partial charge in [-0.2, -0.15) is 0 Å². The highest BCUT2D eigenvalue weighted by atomic mass is 32.2. The van der Waals surface area contributed by atoms with Gasteiger partial charge >= 0.3 is 0 Å². The molecule has 0 aliphatic heterocycles. The molecule has 1 aromatic rings. The number of sulfonamides is 1. The van der Waals surface area contributed by atoms with Crippen LogP contribution in [0.2, 0.25) is 0 Å². The lowest BCUT2D eigenvalue weighted by molar-refractivity contribution is 0.312. The zero-order valence-corrected chi connectivity index (χ0v) is 13.8. The van der Waals surface area contributed by atoms with Crippen molar-refractivity contribution in [2.75, 3.05) is 11.9 Å². The molecular weight excluding hydrogens is 286 g/mol. The van der Waals surface area contributed by atoms with Crippen molar-refractivity contribution in [2.24, 2.45) is 5.41 Å². The minimum absolute atomic E-state index is 0.00113. The number of nitrogens with one attached hydrogen (secondary N) is 2. The van der Waals surface area contributed by atoms with Crippen molar-refractivity contribution < 1.29 is 8.42 Å². The van der Waals surface area contributed by atoms with Crippen LogP contribution < -0.4 is 10.0 Å². The first-order valence-electron chi connectivity index (χ1n) is 7.58. The molecule has 21 heavy (non-hydrogen) atoms. The Labute approximate surface area is 127 Å². The first-order valence-corrected chi connectivity index (χ1v) is 9.06. The molecule has 2 N–H and O–H groups in total. The molecule has 6 heteroatoms. The van der Waals surface area contributed by atoms with Crippen LogP contribution in [0.4, 0.5) is 5.69 Å². The molecule has 0 amide bonds. The quantitative estimate of drug-likeness (QED) is 0.847. The Balaban J connectivity index is 2.23. The standard InChI is InChI=1S/C15H25N3O2S/c1-4-10-16-12-7-6-11-17-14(12)21(19,20)18-13-8-5-9-15(13,2)3/h6-7,11,13,16,18H,4-5,8-10H2,1-3H3. The van der Waals surface area contributed by atoms with Crippen molar-refractivity contribution in [1.29, 1.82) is 0 Å². The Hall–Kier alpha value is -1.14. The zero-order valence-electron chi connectivity index (χ0n) is 13.0. The molecular formula is C15H25N3O2S. The number of anilines is 1. The van der Waals surface area contributed by atoms with Crippen LogP contribution in [-0.2, 0) is 10.0 Å². The van der Waals surface area contributed by atoms with Crippen LogP contribution in [0, 0.1) is 5.41 Å². The van der Waals surface area contributed by atoms with E-state index in [1.165, 1.54) is 6.20 Å².